The molecule has 3 heterocycles. The molecule has 0 saturated carbocycles. The van der Waals surface area contributed by atoms with Crippen molar-refractivity contribution >= 4 is 53.4 Å². The number of furan rings is 1. The van der Waals surface area contributed by atoms with Gasteiger partial charge in [-0.3, -0.25) is 0 Å². The molecule has 11 aromatic rings. The van der Waals surface area contributed by atoms with Crippen LogP contribution in [-0.4, -0.2) is 15.0 Å². The highest BCUT2D eigenvalue weighted by Gasteiger charge is 2.35. The van der Waals surface area contributed by atoms with E-state index in [4.69, 9.17) is 19.4 Å². The average Bonchev–Trinajstić information content (AvgIpc) is 3.94. The minimum atomic E-state index is -0.0392. The Labute approximate surface area is 345 Å². The van der Waals surface area contributed by atoms with E-state index in [1.54, 1.807) is 11.3 Å². The molecule has 0 aliphatic heterocycles. The maximum absolute atomic E-state index is 6.51. The number of thiophene rings is 1. The molecule has 1 aliphatic carbocycles. The van der Waals surface area contributed by atoms with Gasteiger partial charge in [-0.15, -0.1) is 11.3 Å². The van der Waals surface area contributed by atoms with Crippen molar-refractivity contribution in [1.29, 1.82) is 0 Å². The standard InChI is InChI=1S/C54H35N3OS/c1-54(2)43-18-8-6-14-37(43)38-28-26-36(31-44(38)54)33-24-22-32(23-25-33)35-27-29-45-42(30-35)49-40(16-10-19-46(49)58-45)52-55-51(34-12-4-3-5-13-34)56-53(57-52)41-17-11-21-48-50(41)39-15-7-9-20-47(39)59-48/h3-31H,1-2H3. The van der Waals surface area contributed by atoms with E-state index in [0.717, 1.165) is 55.1 Å². The molecule has 5 heteroatoms. The lowest BCUT2D eigenvalue weighted by Gasteiger charge is -2.22. The maximum Gasteiger partial charge on any atom is 0.164 e. The van der Waals surface area contributed by atoms with Gasteiger partial charge < -0.3 is 4.42 Å². The maximum atomic E-state index is 6.51. The van der Waals surface area contributed by atoms with Gasteiger partial charge in [0.2, 0.25) is 0 Å². The van der Waals surface area contributed by atoms with Crippen molar-refractivity contribution in [1.82, 2.24) is 15.0 Å². The average molecular weight is 774 g/mol. The summed E-state index contributed by atoms with van der Waals surface area (Å²) in [5.41, 5.74) is 14.5. The lowest BCUT2D eigenvalue weighted by molar-refractivity contribution is 0.660. The molecule has 0 amide bonds. The van der Waals surface area contributed by atoms with Crippen LogP contribution >= 0.6 is 11.3 Å². The van der Waals surface area contributed by atoms with Crippen LogP contribution in [0.5, 0.6) is 0 Å². The van der Waals surface area contributed by atoms with Crippen LogP contribution in [0.15, 0.2) is 180 Å². The summed E-state index contributed by atoms with van der Waals surface area (Å²) in [6.45, 7) is 4.67. The highest BCUT2D eigenvalue weighted by atomic mass is 32.1. The lowest BCUT2D eigenvalue weighted by atomic mass is 9.81. The number of hydrogen-bond acceptors (Lipinski definition) is 5. The fourth-order valence-electron chi connectivity index (χ4n) is 9.23. The van der Waals surface area contributed by atoms with Crippen molar-refractivity contribution in [2.75, 3.05) is 0 Å². The van der Waals surface area contributed by atoms with Crippen LogP contribution in [0.25, 0.3) is 110 Å². The first-order chi connectivity index (χ1) is 29.0. The predicted molar refractivity (Wildman–Crippen MR) is 245 cm³/mol. The molecule has 59 heavy (non-hydrogen) atoms. The number of aromatic nitrogens is 3. The van der Waals surface area contributed by atoms with Gasteiger partial charge in [0.25, 0.3) is 0 Å². The van der Waals surface area contributed by atoms with Gasteiger partial charge in [-0.1, -0.05) is 153 Å². The smallest absolute Gasteiger partial charge is 0.164 e. The Balaban J connectivity index is 0.972. The fourth-order valence-corrected chi connectivity index (χ4v) is 10.4. The third kappa shape index (κ3) is 5.32. The van der Waals surface area contributed by atoms with E-state index in [1.807, 2.05) is 30.3 Å². The Kier molecular flexibility index (Phi) is 7.41. The van der Waals surface area contributed by atoms with Gasteiger partial charge in [0.1, 0.15) is 11.2 Å². The summed E-state index contributed by atoms with van der Waals surface area (Å²) < 4.78 is 8.96. The first-order valence-corrected chi connectivity index (χ1v) is 20.8. The van der Waals surface area contributed by atoms with Crippen LogP contribution < -0.4 is 0 Å². The summed E-state index contributed by atoms with van der Waals surface area (Å²) in [5.74, 6) is 1.88. The zero-order valence-corrected chi connectivity index (χ0v) is 33.2. The largest absolute Gasteiger partial charge is 0.456 e. The van der Waals surface area contributed by atoms with E-state index in [1.165, 1.54) is 48.2 Å². The van der Waals surface area contributed by atoms with Crippen LogP contribution in [0.4, 0.5) is 0 Å². The molecule has 3 aromatic heterocycles. The second-order valence-electron chi connectivity index (χ2n) is 15.9. The van der Waals surface area contributed by atoms with Crippen molar-refractivity contribution in [3.63, 3.8) is 0 Å². The molecule has 278 valence electrons. The molecule has 0 atom stereocenters. The van der Waals surface area contributed by atoms with Gasteiger partial charge >= 0.3 is 0 Å². The topological polar surface area (TPSA) is 51.8 Å². The van der Waals surface area contributed by atoms with Crippen molar-refractivity contribution in [2.45, 2.75) is 19.3 Å². The van der Waals surface area contributed by atoms with Crippen LogP contribution in [0.2, 0.25) is 0 Å². The van der Waals surface area contributed by atoms with Gasteiger partial charge in [-0.2, -0.15) is 0 Å². The van der Waals surface area contributed by atoms with Gasteiger partial charge in [0.05, 0.1) is 0 Å². The Morgan fingerprint density at radius 3 is 1.80 bits per heavy atom. The molecule has 4 nitrogen and oxygen atoms in total. The van der Waals surface area contributed by atoms with E-state index >= 15 is 0 Å². The molecular formula is C54H35N3OS. The number of rotatable bonds is 5. The molecule has 12 rings (SSSR count). The van der Waals surface area contributed by atoms with Crippen LogP contribution in [-0.2, 0) is 5.41 Å². The summed E-state index contributed by atoms with van der Waals surface area (Å²) in [6, 6.07) is 62.5. The van der Waals surface area contributed by atoms with Gasteiger partial charge in [0.15, 0.2) is 17.5 Å². The Bertz CT molecular complexity index is 3470. The quantitative estimate of drug-likeness (QED) is 0.175. The molecule has 0 saturated heterocycles. The van der Waals surface area contributed by atoms with Gasteiger partial charge in [-0.25, -0.2) is 15.0 Å². The fraction of sp³-hybridized carbons (Fsp3) is 0.0556. The van der Waals surface area contributed by atoms with Crippen LogP contribution in [0.1, 0.15) is 25.0 Å². The number of hydrogen-bond donors (Lipinski definition) is 0. The summed E-state index contributed by atoms with van der Waals surface area (Å²) in [7, 11) is 0. The molecule has 0 N–H and O–H groups in total. The summed E-state index contributed by atoms with van der Waals surface area (Å²) in [5, 5.41) is 4.37. The van der Waals surface area contributed by atoms with Gasteiger partial charge in [-0.05, 0) is 80.9 Å². The first-order valence-electron chi connectivity index (χ1n) is 20.0. The van der Waals surface area contributed by atoms with Crippen molar-refractivity contribution in [2.24, 2.45) is 0 Å². The Morgan fingerprint density at radius 2 is 0.983 bits per heavy atom. The number of benzene rings is 8. The highest BCUT2D eigenvalue weighted by molar-refractivity contribution is 7.25. The van der Waals surface area contributed by atoms with Crippen LogP contribution in [0, 0.1) is 0 Å². The van der Waals surface area contributed by atoms with Crippen molar-refractivity contribution in [3.05, 3.63) is 187 Å². The Morgan fingerprint density at radius 1 is 0.390 bits per heavy atom. The minimum Gasteiger partial charge on any atom is -0.456 e. The molecule has 0 spiro atoms. The van der Waals surface area contributed by atoms with E-state index < -0.39 is 0 Å². The number of fused-ring (bicyclic) bond motifs is 9. The molecule has 0 unspecified atom stereocenters. The highest BCUT2D eigenvalue weighted by Crippen LogP contribution is 2.50. The second-order valence-corrected chi connectivity index (χ2v) is 17.0. The molecule has 0 bridgehead atoms. The third-order valence-corrected chi connectivity index (χ3v) is 13.3. The Hall–Kier alpha value is -7.21. The third-order valence-electron chi connectivity index (χ3n) is 12.2. The molecule has 0 fully saturated rings. The molecular weight excluding hydrogens is 739 g/mol. The van der Waals surface area contributed by atoms with Crippen LogP contribution in [0.3, 0.4) is 0 Å². The predicted octanol–water partition coefficient (Wildman–Crippen LogP) is 14.8. The zero-order valence-electron chi connectivity index (χ0n) is 32.4. The SMILES string of the molecule is CC1(C)c2ccccc2-c2ccc(-c3ccc(-c4ccc5oc6cccc(-c7nc(-c8ccccc8)nc(-c8cccc9sc%10ccccc%10c89)n7)c6c5c4)cc3)cc21. The van der Waals surface area contributed by atoms with E-state index in [2.05, 4.69) is 159 Å². The molecule has 0 radical (unpaired) electrons. The lowest BCUT2D eigenvalue weighted by Crippen LogP contribution is -2.14. The minimum absolute atomic E-state index is 0.0392. The van der Waals surface area contributed by atoms with E-state index in [9.17, 15) is 0 Å². The van der Waals surface area contributed by atoms with Crippen molar-refractivity contribution in [3.8, 4) is 67.5 Å². The van der Waals surface area contributed by atoms with Gasteiger partial charge in [0, 0.05) is 53.1 Å². The molecule has 8 aromatic carbocycles. The zero-order chi connectivity index (χ0) is 39.2. The normalized spacial score (nSPS) is 13.1. The van der Waals surface area contributed by atoms with Crippen molar-refractivity contribution < 1.29 is 4.42 Å². The van der Waals surface area contributed by atoms with E-state index in [0.29, 0.717) is 17.5 Å². The first kappa shape index (κ1) is 33.9. The van der Waals surface area contributed by atoms with E-state index in [-0.39, 0.29) is 5.41 Å². The summed E-state index contributed by atoms with van der Waals surface area (Å²) in [4.78, 5) is 15.6. The summed E-state index contributed by atoms with van der Waals surface area (Å²) in [6.07, 6.45) is 0. The monoisotopic (exact) mass is 773 g/mol. The summed E-state index contributed by atoms with van der Waals surface area (Å²) >= 11 is 1.79. The number of nitrogens with zero attached hydrogens (tertiary/aromatic N) is 3. The second kappa shape index (κ2) is 12.9. The molecule has 1 aliphatic rings.